The van der Waals surface area contributed by atoms with Gasteiger partial charge in [0.25, 0.3) is 5.91 Å². The van der Waals surface area contributed by atoms with Crippen molar-refractivity contribution in [1.82, 2.24) is 10.3 Å². The second kappa shape index (κ2) is 6.85. The summed E-state index contributed by atoms with van der Waals surface area (Å²) in [5, 5.41) is 11.6. The van der Waals surface area contributed by atoms with Crippen LogP contribution in [0.15, 0.2) is 18.3 Å². The minimum Gasteiger partial charge on any atom is -0.478 e. The first kappa shape index (κ1) is 13.4. The van der Waals surface area contributed by atoms with Crippen molar-refractivity contribution >= 4 is 5.91 Å². The van der Waals surface area contributed by atoms with Crippen LogP contribution in [0.25, 0.3) is 0 Å². The quantitative estimate of drug-likeness (QED) is 0.770. The summed E-state index contributed by atoms with van der Waals surface area (Å²) in [6, 6.07) is 3.32. The molecule has 1 heterocycles. The summed E-state index contributed by atoms with van der Waals surface area (Å²) in [5.41, 5.74) is 0.485. The molecule has 2 N–H and O–H groups in total. The third-order valence-corrected chi connectivity index (χ3v) is 2.21. The number of ether oxygens (including phenoxy) is 1. The fourth-order valence-electron chi connectivity index (χ4n) is 1.18. The highest BCUT2D eigenvalue weighted by molar-refractivity contribution is 5.93. The summed E-state index contributed by atoms with van der Waals surface area (Å²) in [6.45, 7) is 4.78. The molecule has 0 aromatic carbocycles. The van der Waals surface area contributed by atoms with E-state index in [0.717, 1.165) is 0 Å². The van der Waals surface area contributed by atoms with Crippen molar-refractivity contribution in [2.24, 2.45) is 5.92 Å². The maximum atomic E-state index is 11.7. The molecule has 5 heteroatoms. The molecule has 0 radical (unpaired) electrons. The van der Waals surface area contributed by atoms with E-state index in [0.29, 0.717) is 24.6 Å². The molecule has 0 aliphatic rings. The van der Waals surface area contributed by atoms with Gasteiger partial charge < -0.3 is 15.2 Å². The number of carbonyl (C=O) groups excluding carboxylic acids is 1. The second-order valence-corrected chi connectivity index (χ2v) is 3.82. The number of rotatable bonds is 6. The number of nitrogens with one attached hydrogen (secondary N) is 1. The third kappa shape index (κ3) is 4.40. The molecule has 0 bridgehead atoms. The van der Waals surface area contributed by atoms with Crippen LogP contribution in [0.1, 0.15) is 24.2 Å². The Morgan fingerprint density at radius 1 is 1.59 bits per heavy atom. The van der Waals surface area contributed by atoms with Crippen molar-refractivity contribution in [2.75, 3.05) is 19.8 Å². The van der Waals surface area contributed by atoms with Crippen molar-refractivity contribution in [3.63, 3.8) is 0 Å². The van der Waals surface area contributed by atoms with Gasteiger partial charge in [-0.1, -0.05) is 6.92 Å². The highest BCUT2D eigenvalue weighted by Crippen LogP contribution is 2.07. The van der Waals surface area contributed by atoms with Crippen LogP contribution in [0.3, 0.4) is 0 Å². The number of aromatic nitrogens is 1. The van der Waals surface area contributed by atoms with E-state index in [1.807, 2.05) is 13.8 Å². The number of carbonyl (C=O) groups is 1. The molecule has 1 aromatic rings. The fourth-order valence-corrected chi connectivity index (χ4v) is 1.18. The normalized spacial score (nSPS) is 11.9. The van der Waals surface area contributed by atoms with Crippen LogP contribution in [0.4, 0.5) is 0 Å². The number of hydrogen-bond donors (Lipinski definition) is 2. The zero-order valence-electron chi connectivity index (χ0n) is 10.1. The Balaban J connectivity index is 2.51. The van der Waals surface area contributed by atoms with E-state index in [1.54, 1.807) is 12.1 Å². The summed E-state index contributed by atoms with van der Waals surface area (Å²) < 4.78 is 5.18. The first-order valence-corrected chi connectivity index (χ1v) is 5.65. The van der Waals surface area contributed by atoms with Gasteiger partial charge in [-0.3, -0.25) is 4.79 Å². The Bertz CT molecular complexity index is 351. The molecular weight excluding hydrogens is 220 g/mol. The van der Waals surface area contributed by atoms with Crippen LogP contribution in [0, 0.1) is 5.92 Å². The minimum atomic E-state index is -0.194. The van der Waals surface area contributed by atoms with Gasteiger partial charge in [0.05, 0.1) is 12.2 Å². The van der Waals surface area contributed by atoms with Gasteiger partial charge in [0, 0.05) is 25.4 Å². The second-order valence-electron chi connectivity index (χ2n) is 3.82. The molecule has 1 rings (SSSR count). The molecule has 0 aliphatic heterocycles. The first-order chi connectivity index (χ1) is 8.17. The van der Waals surface area contributed by atoms with Crippen molar-refractivity contribution < 1.29 is 14.6 Å². The van der Waals surface area contributed by atoms with E-state index in [-0.39, 0.29) is 18.4 Å². The van der Waals surface area contributed by atoms with Gasteiger partial charge in [-0.15, -0.1) is 0 Å². The zero-order valence-corrected chi connectivity index (χ0v) is 10.1. The van der Waals surface area contributed by atoms with E-state index in [1.165, 1.54) is 6.20 Å². The van der Waals surface area contributed by atoms with E-state index < -0.39 is 0 Å². The summed E-state index contributed by atoms with van der Waals surface area (Å²) in [7, 11) is 0. The highest BCUT2D eigenvalue weighted by atomic mass is 16.5. The number of aliphatic hydroxyl groups excluding tert-OH is 1. The van der Waals surface area contributed by atoms with Gasteiger partial charge in [-0.2, -0.15) is 0 Å². The van der Waals surface area contributed by atoms with Crippen molar-refractivity contribution in [1.29, 1.82) is 0 Å². The van der Waals surface area contributed by atoms with Gasteiger partial charge in [0.2, 0.25) is 5.88 Å². The third-order valence-electron chi connectivity index (χ3n) is 2.21. The summed E-state index contributed by atoms with van der Waals surface area (Å²) in [5.74, 6) is 0.364. The van der Waals surface area contributed by atoms with E-state index in [9.17, 15) is 4.79 Å². The van der Waals surface area contributed by atoms with E-state index in [2.05, 4.69) is 10.3 Å². The van der Waals surface area contributed by atoms with Gasteiger partial charge in [-0.25, -0.2) is 4.98 Å². The van der Waals surface area contributed by atoms with Gasteiger partial charge in [0.15, 0.2) is 0 Å². The Morgan fingerprint density at radius 3 is 2.88 bits per heavy atom. The van der Waals surface area contributed by atoms with E-state index >= 15 is 0 Å². The van der Waals surface area contributed by atoms with Crippen LogP contribution in [0.5, 0.6) is 5.88 Å². The minimum absolute atomic E-state index is 0.0506. The maximum absolute atomic E-state index is 11.7. The summed E-state index contributed by atoms with van der Waals surface area (Å²) >= 11 is 0. The first-order valence-electron chi connectivity index (χ1n) is 5.65. The standard InChI is InChI=1S/C12H18N2O3/c1-3-17-11-5-4-10(7-13-11)12(16)14-6-9(2)8-15/h4-5,7,9,15H,3,6,8H2,1-2H3,(H,14,16). The van der Waals surface area contributed by atoms with Gasteiger partial charge >= 0.3 is 0 Å². The summed E-state index contributed by atoms with van der Waals surface area (Å²) in [4.78, 5) is 15.7. The molecule has 1 atom stereocenters. The topological polar surface area (TPSA) is 71.5 Å². The van der Waals surface area contributed by atoms with Crippen LogP contribution in [-0.4, -0.2) is 35.8 Å². The lowest BCUT2D eigenvalue weighted by molar-refractivity contribution is 0.0942. The van der Waals surface area contributed by atoms with E-state index in [4.69, 9.17) is 9.84 Å². The molecule has 5 nitrogen and oxygen atoms in total. The Labute approximate surface area is 101 Å². The number of pyridine rings is 1. The van der Waals surface area contributed by atoms with Crippen LogP contribution >= 0.6 is 0 Å². The van der Waals surface area contributed by atoms with Crippen molar-refractivity contribution in [3.8, 4) is 5.88 Å². The smallest absolute Gasteiger partial charge is 0.252 e. The molecule has 0 saturated heterocycles. The predicted octanol–water partition coefficient (Wildman–Crippen LogP) is 0.838. The predicted molar refractivity (Wildman–Crippen MR) is 64.0 cm³/mol. The van der Waals surface area contributed by atoms with Gasteiger partial charge in [-0.05, 0) is 18.9 Å². The van der Waals surface area contributed by atoms with Crippen LogP contribution in [-0.2, 0) is 0 Å². The average molecular weight is 238 g/mol. The SMILES string of the molecule is CCOc1ccc(C(=O)NCC(C)CO)cn1. The molecule has 94 valence electrons. The highest BCUT2D eigenvalue weighted by Gasteiger charge is 2.07. The van der Waals surface area contributed by atoms with Gasteiger partial charge in [0.1, 0.15) is 0 Å². The Hall–Kier alpha value is -1.62. The Kier molecular flexibility index (Phi) is 5.42. The lowest BCUT2D eigenvalue weighted by Gasteiger charge is -2.09. The maximum Gasteiger partial charge on any atom is 0.252 e. The number of hydrogen-bond acceptors (Lipinski definition) is 4. The molecule has 0 spiro atoms. The van der Waals surface area contributed by atoms with Crippen LogP contribution in [0.2, 0.25) is 0 Å². The molecular formula is C12H18N2O3. The van der Waals surface area contributed by atoms with Crippen molar-refractivity contribution in [3.05, 3.63) is 23.9 Å². The summed E-state index contributed by atoms with van der Waals surface area (Å²) in [6.07, 6.45) is 1.48. The molecule has 1 aromatic heterocycles. The molecule has 0 aliphatic carbocycles. The number of aliphatic hydroxyl groups is 1. The zero-order chi connectivity index (χ0) is 12.7. The lowest BCUT2D eigenvalue weighted by Crippen LogP contribution is -2.29. The lowest BCUT2D eigenvalue weighted by atomic mass is 10.2. The monoisotopic (exact) mass is 238 g/mol. The number of amides is 1. The molecule has 0 saturated carbocycles. The molecule has 17 heavy (non-hydrogen) atoms. The number of nitrogens with zero attached hydrogens (tertiary/aromatic N) is 1. The fraction of sp³-hybridized carbons (Fsp3) is 0.500. The molecule has 1 unspecified atom stereocenters. The largest absolute Gasteiger partial charge is 0.478 e. The Morgan fingerprint density at radius 2 is 2.35 bits per heavy atom. The molecule has 0 fully saturated rings. The molecule has 1 amide bonds. The van der Waals surface area contributed by atoms with Crippen LogP contribution < -0.4 is 10.1 Å². The van der Waals surface area contributed by atoms with Crippen molar-refractivity contribution in [2.45, 2.75) is 13.8 Å². The average Bonchev–Trinajstić information content (AvgIpc) is 2.36.